The van der Waals surface area contributed by atoms with Gasteiger partial charge in [0.25, 0.3) is 0 Å². The monoisotopic (exact) mass is 289 g/mol. The van der Waals surface area contributed by atoms with Crippen molar-refractivity contribution in [3.63, 3.8) is 0 Å². The quantitative estimate of drug-likeness (QED) is 0.820. The van der Waals surface area contributed by atoms with Gasteiger partial charge in [-0.05, 0) is 18.2 Å². The maximum Gasteiger partial charge on any atom is 0.140 e. The van der Waals surface area contributed by atoms with Crippen LogP contribution in [-0.4, -0.2) is 26.1 Å². The van der Waals surface area contributed by atoms with E-state index >= 15 is 0 Å². The SMILES string of the molecule is FCC1(c2cc(Br)ccc2F)COCC=N1. The van der Waals surface area contributed by atoms with Gasteiger partial charge in [0.2, 0.25) is 0 Å². The summed E-state index contributed by atoms with van der Waals surface area (Å²) in [6.07, 6.45) is 1.48. The van der Waals surface area contributed by atoms with Gasteiger partial charge in [-0.2, -0.15) is 0 Å². The van der Waals surface area contributed by atoms with Crippen LogP contribution in [0.3, 0.4) is 0 Å². The van der Waals surface area contributed by atoms with Gasteiger partial charge in [-0.25, -0.2) is 8.78 Å². The molecular formula is C11H10BrF2NO. The minimum atomic E-state index is -1.23. The summed E-state index contributed by atoms with van der Waals surface area (Å²) in [5.41, 5.74) is -1.01. The van der Waals surface area contributed by atoms with Gasteiger partial charge in [0.15, 0.2) is 0 Å². The molecule has 0 radical (unpaired) electrons. The van der Waals surface area contributed by atoms with Crippen molar-refractivity contribution in [2.24, 2.45) is 4.99 Å². The van der Waals surface area contributed by atoms with Gasteiger partial charge in [-0.1, -0.05) is 15.9 Å². The van der Waals surface area contributed by atoms with E-state index in [1.165, 1.54) is 12.3 Å². The van der Waals surface area contributed by atoms with Crippen LogP contribution in [0.2, 0.25) is 0 Å². The molecule has 0 fully saturated rings. The number of hydrogen-bond acceptors (Lipinski definition) is 2. The number of nitrogens with zero attached hydrogens (tertiary/aromatic N) is 1. The van der Waals surface area contributed by atoms with Crippen molar-refractivity contribution >= 4 is 22.1 Å². The van der Waals surface area contributed by atoms with Gasteiger partial charge >= 0.3 is 0 Å². The van der Waals surface area contributed by atoms with Crippen LogP contribution in [0.4, 0.5) is 8.78 Å². The number of aliphatic imine (C=N–C) groups is 1. The minimum Gasteiger partial charge on any atom is -0.373 e. The molecule has 0 aromatic heterocycles. The summed E-state index contributed by atoms with van der Waals surface area (Å²) < 4.78 is 32.7. The molecule has 0 aliphatic carbocycles. The summed E-state index contributed by atoms with van der Waals surface area (Å²) in [5.74, 6) is -0.469. The Bertz CT molecular complexity index is 424. The van der Waals surface area contributed by atoms with Crippen LogP contribution in [0, 0.1) is 5.82 Å². The highest BCUT2D eigenvalue weighted by atomic mass is 79.9. The van der Waals surface area contributed by atoms with E-state index in [2.05, 4.69) is 20.9 Å². The summed E-state index contributed by atoms with van der Waals surface area (Å²) in [6.45, 7) is -0.373. The Hall–Kier alpha value is -0.810. The number of halogens is 3. The third-order valence-electron chi connectivity index (χ3n) is 2.52. The highest BCUT2D eigenvalue weighted by molar-refractivity contribution is 9.10. The Morgan fingerprint density at radius 3 is 2.94 bits per heavy atom. The number of benzene rings is 1. The van der Waals surface area contributed by atoms with Crippen LogP contribution in [0.5, 0.6) is 0 Å². The molecule has 0 saturated carbocycles. The molecule has 2 rings (SSSR count). The number of hydrogen-bond donors (Lipinski definition) is 0. The van der Waals surface area contributed by atoms with Crippen LogP contribution in [0.15, 0.2) is 27.7 Å². The Kier molecular flexibility index (Phi) is 3.35. The zero-order chi connectivity index (χ0) is 11.6. The van der Waals surface area contributed by atoms with E-state index < -0.39 is 18.0 Å². The summed E-state index contributed by atoms with van der Waals surface area (Å²) in [6, 6.07) is 4.40. The fraction of sp³-hybridized carbons (Fsp3) is 0.364. The van der Waals surface area contributed by atoms with E-state index in [0.29, 0.717) is 11.1 Å². The molecule has 1 aromatic rings. The highest BCUT2D eigenvalue weighted by Gasteiger charge is 2.36. The Labute approximate surface area is 100 Å². The lowest BCUT2D eigenvalue weighted by atomic mass is 9.91. The van der Waals surface area contributed by atoms with Crippen LogP contribution in [0.1, 0.15) is 5.56 Å². The van der Waals surface area contributed by atoms with Crippen molar-refractivity contribution in [3.05, 3.63) is 34.1 Å². The van der Waals surface area contributed by atoms with Crippen LogP contribution in [0.25, 0.3) is 0 Å². The fourth-order valence-electron chi connectivity index (χ4n) is 1.68. The minimum absolute atomic E-state index is 0.0629. The molecule has 1 unspecified atom stereocenters. The van der Waals surface area contributed by atoms with Crippen LogP contribution < -0.4 is 0 Å². The molecule has 0 N–H and O–H groups in total. The molecule has 1 aliphatic rings. The third-order valence-corrected chi connectivity index (χ3v) is 3.02. The van der Waals surface area contributed by atoms with Crippen molar-refractivity contribution in [2.45, 2.75) is 5.54 Å². The second-order valence-electron chi connectivity index (χ2n) is 3.62. The van der Waals surface area contributed by atoms with Gasteiger partial charge < -0.3 is 4.74 Å². The van der Waals surface area contributed by atoms with Crippen molar-refractivity contribution in [1.82, 2.24) is 0 Å². The molecule has 0 bridgehead atoms. The Balaban J connectivity index is 2.51. The van der Waals surface area contributed by atoms with Gasteiger partial charge in [0, 0.05) is 16.3 Å². The first-order valence-corrected chi connectivity index (χ1v) is 5.60. The number of rotatable bonds is 2. The second kappa shape index (κ2) is 4.59. The predicted molar refractivity (Wildman–Crippen MR) is 61.1 cm³/mol. The van der Waals surface area contributed by atoms with Gasteiger partial charge in [-0.3, -0.25) is 4.99 Å². The highest BCUT2D eigenvalue weighted by Crippen LogP contribution is 2.32. The molecule has 1 heterocycles. The lowest BCUT2D eigenvalue weighted by Crippen LogP contribution is -2.36. The zero-order valence-corrected chi connectivity index (χ0v) is 10.0. The summed E-state index contributed by atoms with van der Waals surface area (Å²) in [5, 5.41) is 0. The zero-order valence-electron chi connectivity index (χ0n) is 8.42. The first kappa shape index (κ1) is 11.7. The maximum atomic E-state index is 13.7. The summed E-state index contributed by atoms with van der Waals surface area (Å²) >= 11 is 3.23. The molecule has 0 saturated heterocycles. The van der Waals surface area contributed by atoms with E-state index in [1.54, 1.807) is 12.1 Å². The molecule has 0 amide bonds. The molecule has 1 aliphatic heterocycles. The topological polar surface area (TPSA) is 21.6 Å². The third kappa shape index (κ3) is 2.01. The molecule has 1 atom stereocenters. The van der Waals surface area contributed by atoms with E-state index in [0.717, 1.165) is 0 Å². The van der Waals surface area contributed by atoms with Gasteiger partial charge in [-0.15, -0.1) is 0 Å². The van der Waals surface area contributed by atoms with Crippen LogP contribution >= 0.6 is 15.9 Å². The normalized spacial score (nSPS) is 24.7. The molecule has 16 heavy (non-hydrogen) atoms. The smallest absolute Gasteiger partial charge is 0.140 e. The predicted octanol–water partition coefficient (Wildman–Crippen LogP) is 2.85. The van der Waals surface area contributed by atoms with E-state index in [1.807, 2.05) is 0 Å². The van der Waals surface area contributed by atoms with E-state index in [4.69, 9.17) is 4.74 Å². The van der Waals surface area contributed by atoms with Gasteiger partial charge in [0.1, 0.15) is 18.0 Å². The lowest BCUT2D eigenvalue weighted by molar-refractivity contribution is 0.0845. The molecule has 86 valence electrons. The fourth-order valence-corrected chi connectivity index (χ4v) is 2.04. The maximum absolute atomic E-state index is 13.7. The first-order valence-electron chi connectivity index (χ1n) is 4.81. The average molecular weight is 290 g/mol. The lowest BCUT2D eigenvalue weighted by Gasteiger charge is -2.30. The molecule has 5 heteroatoms. The van der Waals surface area contributed by atoms with Crippen LogP contribution in [-0.2, 0) is 10.3 Å². The summed E-state index contributed by atoms with van der Waals surface area (Å²) in [4.78, 5) is 4.07. The molecule has 0 spiro atoms. The number of alkyl halides is 1. The largest absolute Gasteiger partial charge is 0.373 e. The second-order valence-corrected chi connectivity index (χ2v) is 4.53. The van der Waals surface area contributed by atoms with E-state index in [9.17, 15) is 8.78 Å². The average Bonchev–Trinajstić information content (AvgIpc) is 2.33. The van der Waals surface area contributed by atoms with Crippen molar-refractivity contribution in [2.75, 3.05) is 19.9 Å². The Morgan fingerprint density at radius 1 is 1.50 bits per heavy atom. The Morgan fingerprint density at radius 2 is 2.31 bits per heavy atom. The standard InChI is InChI=1S/C11H10BrF2NO/c12-8-1-2-10(14)9(5-8)11(6-13)7-16-4-3-15-11/h1-3,5H,4,6-7H2. The first-order chi connectivity index (χ1) is 7.68. The van der Waals surface area contributed by atoms with Crippen molar-refractivity contribution in [1.29, 1.82) is 0 Å². The summed E-state index contributed by atoms with van der Waals surface area (Å²) in [7, 11) is 0. The molecule has 2 nitrogen and oxygen atoms in total. The van der Waals surface area contributed by atoms with Gasteiger partial charge in [0.05, 0.1) is 13.2 Å². The van der Waals surface area contributed by atoms with Crippen molar-refractivity contribution < 1.29 is 13.5 Å². The number of ether oxygens (including phenoxy) is 1. The van der Waals surface area contributed by atoms with Crippen molar-refractivity contribution in [3.8, 4) is 0 Å². The molecule has 1 aromatic carbocycles. The van der Waals surface area contributed by atoms with E-state index in [-0.39, 0.29) is 12.2 Å². The molecular weight excluding hydrogens is 280 g/mol.